The number of epoxide rings is 1. The van der Waals surface area contributed by atoms with Crippen LogP contribution in [0.25, 0.3) is 0 Å². The van der Waals surface area contributed by atoms with Gasteiger partial charge in [-0.1, -0.05) is 26.3 Å². The molecule has 0 aromatic rings. The number of Topliss-reactive ketones (excluding diaryl/α,β-unsaturated/α-hetero) is 1. The van der Waals surface area contributed by atoms with Gasteiger partial charge >= 0.3 is 5.97 Å². The van der Waals surface area contributed by atoms with Crippen LogP contribution in [-0.2, 0) is 38.0 Å². The summed E-state index contributed by atoms with van der Waals surface area (Å²) >= 11 is 0. The number of ether oxygens (including phenoxy) is 6. The van der Waals surface area contributed by atoms with Crippen LogP contribution < -0.4 is 0 Å². The lowest BCUT2D eigenvalue weighted by molar-refractivity contribution is -0.311. The van der Waals surface area contributed by atoms with Crippen LogP contribution in [0.4, 0.5) is 0 Å². The van der Waals surface area contributed by atoms with Crippen LogP contribution in [0.15, 0.2) is 11.6 Å². The summed E-state index contributed by atoms with van der Waals surface area (Å²) in [5.74, 6) is 0.730. The van der Waals surface area contributed by atoms with Crippen molar-refractivity contribution in [3.63, 3.8) is 0 Å². The molecule has 0 radical (unpaired) electrons. The summed E-state index contributed by atoms with van der Waals surface area (Å²) in [5, 5.41) is 10.6. The quantitative estimate of drug-likeness (QED) is 0.388. The second-order valence-corrected chi connectivity index (χ2v) is 13.4. The van der Waals surface area contributed by atoms with E-state index in [9.17, 15) is 14.7 Å². The van der Waals surface area contributed by atoms with Crippen molar-refractivity contribution in [2.75, 3.05) is 14.2 Å². The maximum Gasteiger partial charge on any atom is 0.306 e. The Morgan fingerprint density at radius 2 is 1.71 bits per heavy atom. The van der Waals surface area contributed by atoms with E-state index in [2.05, 4.69) is 13.0 Å². The van der Waals surface area contributed by atoms with Crippen LogP contribution in [-0.4, -0.2) is 86.2 Å². The molecule has 0 amide bonds. The van der Waals surface area contributed by atoms with Gasteiger partial charge in [-0.15, -0.1) is 0 Å². The molecule has 0 spiro atoms. The number of aliphatic hydroxyl groups excluding tert-OH is 1. The first-order chi connectivity index (χ1) is 19.7. The molecule has 230 valence electrons. The highest BCUT2D eigenvalue weighted by Crippen LogP contribution is 2.63. The topological polar surface area (TPSA) is 113 Å². The molecule has 6 aliphatic rings. The Bertz CT molecular complexity index is 1010. The molecule has 0 aromatic carbocycles. The Labute approximate surface area is 243 Å². The average molecular weight is 577 g/mol. The van der Waals surface area contributed by atoms with Crippen molar-refractivity contribution in [1.82, 2.24) is 0 Å². The number of cyclic esters (lactones) is 1. The lowest BCUT2D eigenvalue weighted by Crippen LogP contribution is -2.59. The predicted octanol–water partition coefficient (Wildman–Crippen LogP) is 3.59. The van der Waals surface area contributed by atoms with E-state index in [0.29, 0.717) is 11.8 Å². The Kier molecular flexibility index (Phi) is 8.67. The van der Waals surface area contributed by atoms with E-state index >= 15 is 0 Å². The summed E-state index contributed by atoms with van der Waals surface area (Å²) in [7, 11) is 3.15. The van der Waals surface area contributed by atoms with Gasteiger partial charge in [-0.2, -0.15) is 0 Å². The molecular weight excluding hydrogens is 528 g/mol. The summed E-state index contributed by atoms with van der Waals surface area (Å²) in [6, 6.07) is 0. The number of esters is 1. The Morgan fingerprint density at radius 1 is 0.976 bits per heavy atom. The van der Waals surface area contributed by atoms with E-state index in [1.807, 2.05) is 13.8 Å². The van der Waals surface area contributed by atoms with Crippen molar-refractivity contribution in [2.24, 2.45) is 35.5 Å². The van der Waals surface area contributed by atoms with E-state index in [1.165, 1.54) is 0 Å². The van der Waals surface area contributed by atoms with Gasteiger partial charge in [-0.3, -0.25) is 9.59 Å². The number of carbonyl (C=O) groups excluding carboxylic acids is 2. The van der Waals surface area contributed by atoms with Gasteiger partial charge in [-0.25, -0.2) is 0 Å². The van der Waals surface area contributed by atoms with Gasteiger partial charge in [-0.05, 0) is 68.8 Å². The molecule has 3 aliphatic heterocycles. The number of methoxy groups -OCH3 is 2. The van der Waals surface area contributed by atoms with Crippen molar-refractivity contribution in [2.45, 2.75) is 127 Å². The summed E-state index contributed by atoms with van der Waals surface area (Å²) in [5.41, 5.74) is 0.832. The van der Waals surface area contributed by atoms with Gasteiger partial charge in [0.1, 0.15) is 24.4 Å². The number of carbonyl (C=O) groups is 2. The number of ketones is 1. The third-order valence-corrected chi connectivity index (χ3v) is 11.1. The second kappa shape index (κ2) is 12.0. The lowest BCUT2D eigenvalue weighted by atomic mass is 9.66. The molecule has 3 saturated heterocycles. The Balaban J connectivity index is 1.22. The van der Waals surface area contributed by atoms with Crippen LogP contribution in [0.2, 0.25) is 0 Å². The minimum absolute atomic E-state index is 0.0497. The molecule has 9 nitrogen and oxygen atoms in total. The minimum atomic E-state index is -0.805. The van der Waals surface area contributed by atoms with Crippen LogP contribution in [0.3, 0.4) is 0 Å². The summed E-state index contributed by atoms with van der Waals surface area (Å²) in [6.07, 6.45) is 5.70. The molecule has 3 heterocycles. The Morgan fingerprint density at radius 3 is 2.44 bits per heavy atom. The standard InChI is InChI=1S/C32H48O9/c1-6-17-10-8-7-9-15(2)26(34)22-13-20-19-11-18(40-32-31(37-5)30(36-4)27(35)16(3)38-32)12-23(19)28-29(41-28)25(20)21(22)14-24(33)39-17/h13,15-21,23,25,27-32,35H,6-12,14H2,1-5H3/t15-,16?,17+,18+,19+,20+,21-,23-,25-,27+,28-,29+,30?,31?,32+/m1/s1. The number of hydrogen-bond donors (Lipinski definition) is 1. The highest BCUT2D eigenvalue weighted by Gasteiger charge is 2.66. The molecule has 41 heavy (non-hydrogen) atoms. The highest BCUT2D eigenvalue weighted by atomic mass is 16.7. The smallest absolute Gasteiger partial charge is 0.306 e. The van der Waals surface area contributed by atoms with Crippen LogP contribution in [0, 0.1) is 35.5 Å². The number of allylic oxidation sites excluding steroid dienone is 2. The van der Waals surface area contributed by atoms with E-state index in [-0.39, 0.29) is 66.3 Å². The average Bonchev–Trinajstić information content (AvgIpc) is 3.49. The Hall–Kier alpha value is -1.36. The lowest BCUT2D eigenvalue weighted by Gasteiger charge is -2.43. The van der Waals surface area contributed by atoms with Gasteiger partial charge < -0.3 is 33.5 Å². The summed E-state index contributed by atoms with van der Waals surface area (Å²) in [6.45, 7) is 5.93. The van der Waals surface area contributed by atoms with Gasteiger partial charge in [0.2, 0.25) is 0 Å². The molecule has 2 saturated carbocycles. The molecule has 1 N–H and O–H groups in total. The second-order valence-electron chi connectivity index (χ2n) is 13.4. The van der Waals surface area contributed by atoms with Crippen molar-refractivity contribution in [3.8, 4) is 0 Å². The molecule has 15 atom stereocenters. The molecule has 9 heteroatoms. The molecule has 3 aliphatic carbocycles. The molecule has 0 bridgehead atoms. The SMILES string of the molecule is CC[C@H]1CCCC[C@@H](C)C(=O)C2=C[C@H]3[C@@H]4C[C@H](O[C@@H]5OC(C)[C@H](O)C(OC)C5OC)C[C@H]4[C@H]4O[C@H]4[C@H]3[C@@H]2CC(=O)O1. The van der Waals surface area contributed by atoms with E-state index in [4.69, 9.17) is 28.4 Å². The van der Waals surface area contributed by atoms with E-state index in [1.54, 1.807) is 14.2 Å². The van der Waals surface area contributed by atoms with E-state index < -0.39 is 30.7 Å². The zero-order valence-corrected chi connectivity index (χ0v) is 25.1. The van der Waals surface area contributed by atoms with Crippen molar-refractivity contribution in [3.05, 3.63) is 11.6 Å². The van der Waals surface area contributed by atoms with Gasteiger partial charge in [0.15, 0.2) is 12.1 Å². The highest BCUT2D eigenvalue weighted by molar-refractivity contribution is 5.98. The molecule has 0 aromatic heterocycles. The zero-order chi connectivity index (χ0) is 29.0. The van der Waals surface area contributed by atoms with E-state index in [0.717, 1.165) is 50.5 Å². The van der Waals surface area contributed by atoms with Gasteiger partial charge in [0.05, 0.1) is 30.8 Å². The minimum Gasteiger partial charge on any atom is -0.462 e. The molecule has 5 fully saturated rings. The third-order valence-electron chi connectivity index (χ3n) is 11.1. The van der Waals surface area contributed by atoms with Gasteiger partial charge in [0, 0.05) is 32.0 Å². The first-order valence-electron chi connectivity index (χ1n) is 15.9. The largest absolute Gasteiger partial charge is 0.462 e. The number of rotatable bonds is 5. The number of hydrogen-bond acceptors (Lipinski definition) is 9. The fraction of sp³-hybridized carbons (Fsp3) is 0.875. The fourth-order valence-electron chi connectivity index (χ4n) is 8.86. The number of aliphatic hydroxyl groups is 1. The summed E-state index contributed by atoms with van der Waals surface area (Å²) < 4.78 is 36.1. The molecule has 3 unspecified atom stereocenters. The van der Waals surface area contributed by atoms with Crippen molar-refractivity contribution >= 4 is 11.8 Å². The van der Waals surface area contributed by atoms with Crippen LogP contribution >= 0.6 is 0 Å². The molecule has 6 rings (SSSR count). The third kappa shape index (κ3) is 5.44. The normalized spacial score (nSPS) is 49.9. The fourth-order valence-corrected chi connectivity index (χ4v) is 8.86. The first-order valence-corrected chi connectivity index (χ1v) is 15.9. The maximum atomic E-state index is 13.8. The number of fused-ring (bicyclic) bond motifs is 8. The summed E-state index contributed by atoms with van der Waals surface area (Å²) in [4.78, 5) is 27.0. The van der Waals surface area contributed by atoms with Crippen LogP contribution in [0.1, 0.15) is 72.1 Å². The van der Waals surface area contributed by atoms with Crippen LogP contribution in [0.5, 0.6) is 0 Å². The molecular formula is C32H48O9. The maximum absolute atomic E-state index is 13.8. The monoisotopic (exact) mass is 576 g/mol. The predicted molar refractivity (Wildman–Crippen MR) is 148 cm³/mol. The van der Waals surface area contributed by atoms with Gasteiger partial charge in [0.25, 0.3) is 0 Å². The first kappa shape index (κ1) is 29.7. The van der Waals surface area contributed by atoms with Crippen molar-refractivity contribution in [1.29, 1.82) is 0 Å². The van der Waals surface area contributed by atoms with Crippen molar-refractivity contribution < 1.29 is 43.1 Å². The zero-order valence-electron chi connectivity index (χ0n) is 25.1.